The van der Waals surface area contributed by atoms with Gasteiger partial charge < -0.3 is 25.2 Å². The number of aliphatic hydroxyl groups is 3. The number of carbonyl (C=O) groups is 2. The zero-order valence-corrected chi connectivity index (χ0v) is 17.9. The number of unbranched alkanes of at least 4 members (excludes halogenated alkanes) is 13. The van der Waals surface area contributed by atoms with Crippen LogP contribution in [0.2, 0.25) is 0 Å². The second-order valence-electron chi connectivity index (χ2n) is 8.37. The molecule has 7 nitrogen and oxygen atoms in total. The van der Waals surface area contributed by atoms with Crippen molar-refractivity contribution < 1.29 is 34.8 Å². The number of aliphatic hydroxyl groups excluding tert-OH is 2. The van der Waals surface area contributed by atoms with Crippen LogP contribution in [0.25, 0.3) is 0 Å². The monoisotopic (exact) mass is 416 g/mol. The number of carboxylic acids is 1. The molecule has 1 saturated heterocycles. The van der Waals surface area contributed by atoms with Crippen LogP contribution < -0.4 is 0 Å². The molecule has 7 heteroatoms. The molecule has 0 saturated carbocycles. The van der Waals surface area contributed by atoms with Crippen molar-refractivity contribution in [2.45, 2.75) is 127 Å². The fourth-order valence-electron chi connectivity index (χ4n) is 3.91. The number of ether oxygens (including phenoxy) is 1. The van der Waals surface area contributed by atoms with E-state index in [1.165, 1.54) is 57.8 Å². The number of carbonyl (C=O) groups excluding carboxylic acids is 1. The van der Waals surface area contributed by atoms with Crippen LogP contribution in [0.1, 0.15) is 103 Å². The van der Waals surface area contributed by atoms with E-state index in [4.69, 9.17) is 4.74 Å². The Hall–Kier alpha value is -1.18. The van der Waals surface area contributed by atoms with Crippen LogP contribution in [0, 0.1) is 0 Å². The predicted molar refractivity (Wildman–Crippen MR) is 109 cm³/mol. The van der Waals surface area contributed by atoms with E-state index < -0.39 is 35.9 Å². The van der Waals surface area contributed by atoms with Gasteiger partial charge in [0, 0.05) is 0 Å². The zero-order valence-electron chi connectivity index (χ0n) is 17.9. The maximum absolute atomic E-state index is 11.5. The van der Waals surface area contributed by atoms with Crippen LogP contribution in [0.4, 0.5) is 0 Å². The fraction of sp³-hybridized carbons (Fsp3) is 0.909. The molecule has 0 aromatic carbocycles. The van der Waals surface area contributed by atoms with Crippen LogP contribution >= 0.6 is 0 Å². The van der Waals surface area contributed by atoms with Crippen LogP contribution in [0.5, 0.6) is 0 Å². The van der Waals surface area contributed by atoms with Gasteiger partial charge in [-0.25, -0.2) is 9.59 Å². The number of esters is 1. The number of hydrogen-bond donors (Lipinski definition) is 4. The topological polar surface area (TPSA) is 124 Å². The van der Waals surface area contributed by atoms with E-state index in [2.05, 4.69) is 6.92 Å². The third-order valence-electron chi connectivity index (χ3n) is 5.87. The Morgan fingerprint density at radius 3 is 1.62 bits per heavy atom. The van der Waals surface area contributed by atoms with Crippen LogP contribution in [-0.2, 0) is 14.3 Å². The SMILES string of the molecule is CCCCCCCCCCCCCCCCC(O)(C(=O)O)[C@H]1OC(=O)[C@@H](O)[C@H]1O. The summed E-state index contributed by atoms with van der Waals surface area (Å²) in [5.41, 5.74) is -2.39. The van der Waals surface area contributed by atoms with E-state index in [0.717, 1.165) is 25.7 Å². The molecule has 0 radical (unpaired) electrons. The first-order valence-corrected chi connectivity index (χ1v) is 11.4. The molecule has 0 aliphatic carbocycles. The summed E-state index contributed by atoms with van der Waals surface area (Å²) in [6.07, 6.45) is 10.8. The van der Waals surface area contributed by atoms with Gasteiger partial charge in [0.05, 0.1) is 0 Å². The molecule has 1 heterocycles. The zero-order chi connectivity index (χ0) is 21.7. The quantitative estimate of drug-likeness (QED) is 0.212. The Kier molecular flexibility index (Phi) is 12.4. The molecular weight excluding hydrogens is 376 g/mol. The summed E-state index contributed by atoms with van der Waals surface area (Å²) in [6, 6.07) is 0. The lowest BCUT2D eigenvalue weighted by molar-refractivity contribution is -0.184. The minimum atomic E-state index is -2.39. The van der Waals surface area contributed by atoms with Gasteiger partial charge in [-0.1, -0.05) is 90.4 Å². The van der Waals surface area contributed by atoms with Gasteiger partial charge in [0.1, 0.15) is 6.10 Å². The van der Waals surface area contributed by atoms with Gasteiger partial charge in [-0.15, -0.1) is 0 Å². The third-order valence-corrected chi connectivity index (χ3v) is 5.87. The molecule has 170 valence electrons. The molecule has 1 aliphatic heterocycles. The molecule has 1 unspecified atom stereocenters. The van der Waals surface area contributed by atoms with Crippen molar-refractivity contribution >= 4 is 11.9 Å². The largest absolute Gasteiger partial charge is 0.479 e. The first-order chi connectivity index (χ1) is 13.8. The lowest BCUT2D eigenvalue weighted by atomic mass is 9.86. The summed E-state index contributed by atoms with van der Waals surface area (Å²) >= 11 is 0. The number of aliphatic carboxylic acids is 1. The molecule has 4 atom stereocenters. The van der Waals surface area contributed by atoms with E-state index in [1.807, 2.05) is 0 Å². The average Bonchev–Trinajstić information content (AvgIpc) is 2.95. The van der Waals surface area contributed by atoms with Gasteiger partial charge in [0.15, 0.2) is 12.2 Å². The highest BCUT2D eigenvalue weighted by Gasteiger charge is 2.57. The van der Waals surface area contributed by atoms with Crippen LogP contribution in [0.3, 0.4) is 0 Å². The van der Waals surface area contributed by atoms with Gasteiger partial charge in [-0.05, 0) is 12.8 Å². The molecule has 1 fully saturated rings. The Morgan fingerprint density at radius 1 is 0.862 bits per heavy atom. The van der Waals surface area contributed by atoms with Gasteiger partial charge in [-0.3, -0.25) is 0 Å². The van der Waals surface area contributed by atoms with Crippen molar-refractivity contribution in [2.75, 3.05) is 0 Å². The molecular formula is C22H40O7. The van der Waals surface area contributed by atoms with Crippen molar-refractivity contribution in [1.82, 2.24) is 0 Å². The third kappa shape index (κ3) is 8.60. The molecule has 0 aromatic rings. The molecule has 0 amide bonds. The molecule has 0 spiro atoms. The van der Waals surface area contributed by atoms with Crippen molar-refractivity contribution in [1.29, 1.82) is 0 Å². The number of hydrogen-bond acceptors (Lipinski definition) is 6. The first kappa shape index (κ1) is 25.9. The first-order valence-electron chi connectivity index (χ1n) is 11.4. The van der Waals surface area contributed by atoms with Crippen molar-refractivity contribution in [3.63, 3.8) is 0 Å². The highest BCUT2D eigenvalue weighted by atomic mass is 16.6. The minimum Gasteiger partial charge on any atom is -0.479 e. The lowest BCUT2D eigenvalue weighted by Gasteiger charge is -2.30. The highest BCUT2D eigenvalue weighted by Crippen LogP contribution is 2.30. The second kappa shape index (κ2) is 13.9. The Morgan fingerprint density at radius 2 is 1.28 bits per heavy atom. The lowest BCUT2D eigenvalue weighted by Crippen LogP contribution is -2.54. The summed E-state index contributed by atoms with van der Waals surface area (Å²) in [5, 5.41) is 39.0. The van der Waals surface area contributed by atoms with E-state index in [0.29, 0.717) is 6.42 Å². The second-order valence-corrected chi connectivity index (χ2v) is 8.37. The maximum Gasteiger partial charge on any atom is 0.339 e. The molecule has 0 bridgehead atoms. The summed E-state index contributed by atoms with van der Waals surface area (Å²) in [7, 11) is 0. The minimum absolute atomic E-state index is 0.137. The molecule has 1 rings (SSSR count). The van der Waals surface area contributed by atoms with E-state index in [-0.39, 0.29) is 6.42 Å². The van der Waals surface area contributed by atoms with Crippen LogP contribution in [0.15, 0.2) is 0 Å². The fourth-order valence-corrected chi connectivity index (χ4v) is 3.91. The predicted octanol–water partition coefficient (Wildman–Crippen LogP) is 3.32. The smallest absolute Gasteiger partial charge is 0.339 e. The number of cyclic esters (lactones) is 1. The normalized spacial score (nSPS) is 23.7. The Balaban J connectivity index is 2.11. The van der Waals surface area contributed by atoms with Crippen molar-refractivity contribution in [3.05, 3.63) is 0 Å². The molecule has 1 aliphatic rings. The highest BCUT2D eigenvalue weighted by molar-refractivity contribution is 5.83. The Bertz CT molecular complexity index is 482. The summed E-state index contributed by atoms with van der Waals surface area (Å²) < 4.78 is 4.71. The Labute approximate surface area is 174 Å². The summed E-state index contributed by atoms with van der Waals surface area (Å²) in [4.78, 5) is 22.8. The van der Waals surface area contributed by atoms with E-state index in [9.17, 15) is 30.0 Å². The molecule has 29 heavy (non-hydrogen) atoms. The number of rotatable bonds is 17. The van der Waals surface area contributed by atoms with Crippen LogP contribution in [-0.4, -0.2) is 56.3 Å². The molecule has 4 N–H and O–H groups in total. The summed E-state index contributed by atoms with van der Waals surface area (Å²) in [5.74, 6) is -2.67. The number of carboxylic acid groups (broad SMARTS) is 1. The van der Waals surface area contributed by atoms with E-state index >= 15 is 0 Å². The standard InChI is InChI=1S/C22H40O7/c1-2-3-4-5-6-7-8-9-10-11-12-13-14-15-16-22(28,21(26)27)19-17(23)18(24)20(25)29-19/h17-19,23-24,28H,2-16H2,1H3,(H,26,27)/t17-,18+,19+,22?/m1/s1. The maximum atomic E-state index is 11.5. The average molecular weight is 417 g/mol. The molecule has 0 aromatic heterocycles. The summed E-state index contributed by atoms with van der Waals surface area (Å²) in [6.45, 7) is 2.23. The van der Waals surface area contributed by atoms with Gasteiger partial charge in [0.25, 0.3) is 0 Å². The van der Waals surface area contributed by atoms with Gasteiger partial charge in [-0.2, -0.15) is 0 Å². The van der Waals surface area contributed by atoms with Gasteiger partial charge >= 0.3 is 11.9 Å². The van der Waals surface area contributed by atoms with Crippen molar-refractivity contribution in [2.24, 2.45) is 0 Å². The van der Waals surface area contributed by atoms with E-state index in [1.54, 1.807) is 0 Å². The van der Waals surface area contributed by atoms with Crippen molar-refractivity contribution in [3.8, 4) is 0 Å². The van der Waals surface area contributed by atoms with Gasteiger partial charge in [0.2, 0.25) is 5.60 Å².